The first kappa shape index (κ1) is 14.2. The quantitative estimate of drug-likeness (QED) is 0.939. The van der Waals surface area contributed by atoms with Gasteiger partial charge in [0.1, 0.15) is 9.88 Å². The van der Waals surface area contributed by atoms with E-state index in [1.54, 1.807) is 12.4 Å². The summed E-state index contributed by atoms with van der Waals surface area (Å²) < 4.78 is 0. The molecule has 3 rings (SSSR count). The third-order valence-electron chi connectivity index (χ3n) is 3.68. The van der Waals surface area contributed by atoms with Crippen LogP contribution in [0.15, 0.2) is 30.6 Å². The molecule has 6 heteroatoms. The summed E-state index contributed by atoms with van der Waals surface area (Å²) in [5, 5.41) is 3.96. The zero-order valence-electron chi connectivity index (χ0n) is 12.0. The van der Waals surface area contributed by atoms with Crippen LogP contribution >= 0.6 is 11.3 Å². The van der Waals surface area contributed by atoms with Gasteiger partial charge in [-0.2, -0.15) is 0 Å². The normalized spacial score (nSPS) is 18.1. The van der Waals surface area contributed by atoms with Crippen LogP contribution in [0.4, 0.5) is 0 Å². The van der Waals surface area contributed by atoms with Crippen molar-refractivity contribution in [3.63, 3.8) is 0 Å². The average molecular weight is 302 g/mol. The molecular weight excluding hydrogens is 284 g/mol. The van der Waals surface area contributed by atoms with Crippen LogP contribution < -0.4 is 5.32 Å². The van der Waals surface area contributed by atoms with Crippen LogP contribution in [0.25, 0.3) is 10.7 Å². The number of aromatic nitrogens is 2. The summed E-state index contributed by atoms with van der Waals surface area (Å²) >= 11 is 1.42. The van der Waals surface area contributed by atoms with Crippen LogP contribution in [0.2, 0.25) is 0 Å². The second kappa shape index (κ2) is 6.32. The van der Waals surface area contributed by atoms with Gasteiger partial charge in [-0.25, -0.2) is 4.98 Å². The summed E-state index contributed by atoms with van der Waals surface area (Å²) in [5.41, 5.74) is 0.815. The SMILES string of the molecule is CNCC1CCCN1C(=O)c1cnc(-c2ccccn2)s1. The van der Waals surface area contributed by atoms with Crippen LogP contribution in [0.5, 0.6) is 0 Å². The third kappa shape index (κ3) is 2.96. The lowest BCUT2D eigenvalue weighted by molar-refractivity contribution is 0.0741. The minimum atomic E-state index is 0.0902. The molecule has 21 heavy (non-hydrogen) atoms. The lowest BCUT2D eigenvalue weighted by Crippen LogP contribution is -2.40. The predicted molar refractivity (Wildman–Crippen MR) is 83.3 cm³/mol. The van der Waals surface area contributed by atoms with Crippen molar-refractivity contribution < 1.29 is 4.79 Å². The maximum atomic E-state index is 12.6. The molecule has 2 aromatic rings. The summed E-state index contributed by atoms with van der Waals surface area (Å²) in [5.74, 6) is 0.0902. The number of likely N-dealkylation sites (tertiary alicyclic amines) is 1. The molecule has 1 aliphatic heterocycles. The number of nitrogens with zero attached hydrogens (tertiary/aromatic N) is 3. The van der Waals surface area contributed by atoms with Crippen molar-refractivity contribution in [3.05, 3.63) is 35.5 Å². The molecule has 0 aliphatic carbocycles. The number of rotatable bonds is 4. The first-order valence-electron chi connectivity index (χ1n) is 7.12. The largest absolute Gasteiger partial charge is 0.334 e. The molecule has 0 spiro atoms. The zero-order chi connectivity index (χ0) is 14.7. The van der Waals surface area contributed by atoms with Crippen LogP contribution in [-0.2, 0) is 0 Å². The predicted octanol–water partition coefficient (Wildman–Crippen LogP) is 2.03. The molecule has 0 radical (unpaired) electrons. The monoisotopic (exact) mass is 302 g/mol. The van der Waals surface area contributed by atoms with E-state index in [2.05, 4.69) is 15.3 Å². The van der Waals surface area contributed by atoms with Crippen LogP contribution in [0.1, 0.15) is 22.5 Å². The second-order valence-electron chi connectivity index (χ2n) is 5.10. The Hall–Kier alpha value is -1.79. The van der Waals surface area contributed by atoms with Gasteiger partial charge in [0, 0.05) is 25.3 Å². The topological polar surface area (TPSA) is 58.1 Å². The van der Waals surface area contributed by atoms with E-state index in [0.717, 1.165) is 36.6 Å². The number of carbonyl (C=O) groups is 1. The Morgan fingerprint density at radius 3 is 3.14 bits per heavy atom. The van der Waals surface area contributed by atoms with Gasteiger partial charge in [0.15, 0.2) is 0 Å². The van der Waals surface area contributed by atoms with E-state index in [1.807, 2.05) is 30.1 Å². The van der Waals surface area contributed by atoms with Crippen molar-refractivity contribution in [3.8, 4) is 10.7 Å². The first-order valence-corrected chi connectivity index (χ1v) is 7.94. The Balaban J connectivity index is 1.78. The Morgan fingerprint density at radius 2 is 2.38 bits per heavy atom. The number of thiazole rings is 1. The highest BCUT2D eigenvalue weighted by molar-refractivity contribution is 7.16. The summed E-state index contributed by atoms with van der Waals surface area (Å²) in [6.07, 6.45) is 5.55. The van der Waals surface area contributed by atoms with Crippen molar-refractivity contribution in [2.24, 2.45) is 0 Å². The Labute approximate surface area is 128 Å². The van der Waals surface area contributed by atoms with Gasteiger partial charge in [0.05, 0.1) is 11.9 Å². The van der Waals surface area contributed by atoms with E-state index >= 15 is 0 Å². The minimum absolute atomic E-state index is 0.0902. The molecule has 1 saturated heterocycles. The number of pyridine rings is 1. The summed E-state index contributed by atoms with van der Waals surface area (Å²) in [7, 11) is 1.92. The average Bonchev–Trinajstić information content (AvgIpc) is 3.17. The second-order valence-corrected chi connectivity index (χ2v) is 6.13. The van der Waals surface area contributed by atoms with Crippen molar-refractivity contribution >= 4 is 17.2 Å². The van der Waals surface area contributed by atoms with Gasteiger partial charge in [-0.3, -0.25) is 9.78 Å². The standard InChI is InChI=1S/C15H18N4OS/c1-16-9-11-5-4-8-19(11)15(20)13-10-18-14(21-13)12-6-2-3-7-17-12/h2-3,6-7,10-11,16H,4-5,8-9H2,1H3. The molecule has 0 bridgehead atoms. The van der Waals surface area contributed by atoms with Gasteiger partial charge in [-0.05, 0) is 32.0 Å². The fourth-order valence-electron chi connectivity index (χ4n) is 2.67. The van der Waals surface area contributed by atoms with Crippen molar-refractivity contribution in [1.29, 1.82) is 0 Å². The van der Waals surface area contributed by atoms with Crippen LogP contribution in [0.3, 0.4) is 0 Å². The fraction of sp³-hybridized carbons (Fsp3) is 0.400. The van der Waals surface area contributed by atoms with Gasteiger partial charge < -0.3 is 10.2 Å². The van der Waals surface area contributed by atoms with E-state index in [-0.39, 0.29) is 5.91 Å². The third-order valence-corrected chi connectivity index (χ3v) is 4.69. The molecule has 1 amide bonds. The molecule has 1 fully saturated rings. The van der Waals surface area contributed by atoms with Crippen molar-refractivity contribution in [2.45, 2.75) is 18.9 Å². The fourth-order valence-corrected chi connectivity index (χ4v) is 3.52. The molecule has 2 aromatic heterocycles. The zero-order valence-corrected chi connectivity index (χ0v) is 12.8. The lowest BCUT2D eigenvalue weighted by atomic mass is 10.2. The Kier molecular flexibility index (Phi) is 4.26. The highest BCUT2D eigenvalue weighted by Gasteiger charge is 2.29. The highest BCUT2D eigenvalue weighted by atomic mass is 32.1. The smallest absolute Gasteiger partial charge is 0.265 e. The van der Waals surface area contributed by atoms with E-state index in [1.165, 1.54) is 11.3 Å². The molecule has 1 aliphatic rings. The molecule has 0 aromatic carbocycles. The summed E-state index contributed by atoms with van der Waals surface area (Å²) in [6.45, 7) is 1.68. The van der Waals surface area contributed by atoms with Crippen molar-refractivity contribution in [2.75, 3.05) is 20.1 Å². The first-order chi connectivity index (χ1) is 10.3. The molecule has 1 N–H and O–H groups in total. The number of nitrogens with one attached hydrogen (secondary N) is 1. The van der Waals surface area contributed by atoms with Crippen LogP contribution in [0, 0.1) is 0 Å². The van der Waals surface area contributed by atoms with Gasteiger partial charge in [-0.1, -0.05) is 6.07 Å². The Morgan fingerprint density at radius 1 is 1.48 bits per heavy atom. The molecule has 1 atom stereocenters. The highest BCUT2D eigenvalue weighted by Crippen LogP contribution is 2.26. The number of carbonyl (C=O) groups excluding carboxylic acids is 1. The van der Waals surface area contributed by atoms with Gasteiger partial charge in [-0.15, -0.1) is 11.3 Å². The van der Waals surface area contributed by atoms with E-state index in [0.29, 0.717) is 10.9 Å². The molecule has 0 saturated carbocycles. The van der Waals surface area contributed by atoms with Crippen LogP contribution in [-0.4, -0.2) is 47.0 Å². The lowest BCUT2D eigenvalue weighted by Gasteiger charge is -2.23. The van der Waals surface area contributed by atoms with E-state index < -0.39 is 0 Å². The number of hydrogen-bond acceptors (Lipinski definition) is 5. The molecule has 3 heterocycles. The molecular formula is C15H18N4OS. The number of likely N-dealkylation sites (N-methyl/N-ethyl adjacent to an activating group) is 1. The molecule has 110 valence electrons. The molecule has 1 unspecified atom stereocenters. The molecule has 5 nitrogen and oxygen atoms in total. The minimum Gasteiger partial charge on any atom is -0.334 e. The van der Waals surface area contributed by atoms with E-state index in [4.69, 9.17) is 0 Å². The number of hydrogen-bond donors (Lipinski definition) is 1. The summed E-state index contributed by atoms with van der Waals surface area (Å²) in [4.78, 5) is 23.9. The van der Waals surface area contributed by atoms with E-state index in [9.17, 15) is 4.79 Å². The Bertz CT molecular complexity index is 613. The van der Waals surface area contributed by atoms with Gasteiger partial charge >= 0.3 is 0 Å². The maximum absolute atomic E-state index is 12.6. The summed E-state index contributed by atoms with van der Waals surface area (Å²) in [6, 6.07) is 6.00. The maximum Gasteiger partial charge on any atom is 0.265 e. The number of amides is 1. The van der Waals surface area contributed by atoms with Crippen molar-refractivity contribution in [1.82, 2.24) is 20.2 Å². The van der Waals surface area contributed by atoms with Gasteiger partial charge in [0.25, 0.3) is 5.91 Å². The van der Waals surface area contributed by atoms with Gasteiger partial charge in [0.2, 0.25) is 0 Å².